The molecule has 0 aliphatic carbocycles. The molecule has 0 saturated carbocycles. The van der Waals surface area contributed by atoms with Crippen molar-refractivity contribution in [3.8, 4) is 0 Å². The highest BCUT2D eigenvalue weighted by Crippen LogP contribution is 2.27. The Morgan fingerprint density at radius 2 is 2.14 bits per heavy atom. The molecule has 4 nitrogen and oxygen atoms in total. The van der Waals surface area contributed by atoms with E-state index in [1.807, 2.05) is 32.1 Å². The monoisotopic (exact) mass is 372 g/mol. The second kappa shape index (κ2) is 7.05. The van der Waals surface area contributed by atoms with E-state index in [0.717, 1.165) is 25.1 Å². The van der Waals surface area contributed by atoms with E-state index in [-0.39, 0.29) is 0 Å². The summed E-state index contributed by atoms with van der Waals surface area (Å²) in [7, 11) is -3.43. The Kier molecular flexibility index (Phi) is 5.60. The third-order valence-electron chi connectivity index (χ3n) is 3.59. The molecule has 1 aliphatic heterocycles. The Balaban J connectivity index is 2.24. The van der Waals surface area contributed by atoms with Crippen LogP contribution in [0.25, 0.3) is 0 Å². The second-order valence-corrected chi connectivity index (χ2v) is 7.97. The summed E-state index contributed by atoms with van der Waals surface area (Å²) in [6, 6.07) is 5.43. The molecule has 0 atom stereocenters. The predicted molar refractivity (Wildman–Crippen MR) is 88.7 cm³/mol. The molecule has 2 rings (SSSR count). The highest BCUT2D eigenvalue weighted by molar-refractivity contribution is 9.10. The molecule has 1 N–H and O–H groups in total. The number of benzene rings is 1. The molecular formula is C15H21BrN2O2S. The van der Waals surface area contributed by atoms with Gasteiger partial charge >= 0.3 is 0 Å². The van der Waals surface area contributed by atoms with Gasteiger partial charge in [0.1, 0.15) is 0 Å². The van der Waals surface area contributed by atoms with Crippen molar-refractivity contribution in [2.75, 3.05) is 19.6 Å². The summed E-state index contributed by atoms with van der Waals surface area (Å²) < 4.78 is 27.5. The lowest BCUT2D eigenvalue weighted by Gasteiger charge is -2.25. The van der Waals surface area contributed by atoms with Crippen LogP contribution in [0.15, 0.2) is 39.2 Å². The van der Waals surface area contributed by atoms with Crippen molar-refractivity contribution in [1.29, 1.82) is 0 Å². The van der Waals surface area contributed by atoms with E-state index < -0.39 is 10.0 Å². The van der Waals surface area contributed by atoms with E-state index in [1.54, 1.807) is 6.07 Å². The van der Waals surface area contributed by atoms with Gasteiger partial charge < -0.3 is 5.32 Å². The number of hydrogen-bond donors (Lipinski definition) is 1. The molecule has 0 saturated heterocycles. The Labute approximate surface area is 135 Å². The van der Waals surface area contributed by atoms with Crippen LogP contribution < -0.4 is 5.32 Å². The standard InChI is InChI=1S/C15H21BrN2O2S/c1-3-17-11-13-4-5-15(14(16)10-13)21(19,20)18-8-6-12(2)7-9-18/h4-6,10,17H,3,7-9,11H2,1-2H3. The molecule has 0 fully saturated rings. The van der Waals surface area contributed by atoms with Gasteiger partial charge in [-0.15, -0.1) is 0 Å². The van der Waals surface area contributed by atoms with E-state index >= 15 is 0 Å². The first-order valence-corrected chi connectivity index (χ1v) is 9.33. The van der Waals surface area contributed by atoms with Gasteiger partial charge in [0.15, 0.2) is 0 Å². The minimum absolute atomic E-state index is 0.343. The molecule has 1 aliphatic rings. The number of hydrogen-bond acceptors (Lipinski definition) is 3. The normalized spacial score (nSPS) is 16.8. The summed E-state index contributed by atoms with van der Waals surface area (Å²) in [6.07, 6.45) is 2.78. The third kappa shape index (κ3) is 3.94. The van der Waals surface area contributed by atoms with Gasteiger partial charge in [-0.05, 0) is 53.5 Å². The molecule has 6 heteroatoms. The van der Waals surface area contributed by atoms with Gasteiger partial charge in [0.05, 0.1) is 4.90 Å². The van der Waals surface area contributed by atoms with Gasteiger partial charge in [0, 0.05) is 24.1 Å². The molecule has 116 valence electrons. The zero-order valence-electron chi connectivity index (χ0n) is 12.4. The smallest absolute Gasteiger partial charge is 0.244 e. The summed E-state index contributed by atoms with van der Waals surface area (Å²) in [5.74, 6) is 0. The Morgan fingerprint density at radius 3 is 2.71 bits per heavy atom. The van der Waals surface area contributed by atoms with Crippen LogP contribution in [-0.4, -0.2) is 32.4 Å². The molecular weight excluding hydrogens is 352 g/mol. The van der Waals surface area contributed by atoms with Gasteiger partial charge in [0.25, 0.3) is 0 Å². The fourth-order valence-corrected chi connectivity index (χ4v) is 4.71. The maximum absolute atomic E-state index is 12.7. The highest BCUT2D eigenvalue weighted by Gasteiger charge is 2.27. The van der Waals surface area contributed by atoms with Gasteiger partial charge in [-0.25, -0.2) is 8.42 Å². The number of nitrogens with one attached hydrogen (secondary N) is 1. The van der Waals surface area contributed by atoms with Crippen molar-refractivity contribution in [3.05, 3.63) is 39.9 Å². The van der Waals surface area contributed by atoms with Crippen molar-refractivity contribution < 1.29 is 8.42 Å². The number of halogens is 1. The molecule has 0 bridgehead atoms. The van der Waals surface area contributed by atoms with Crippen LogP contribution in [0.2, 0.25) is 0 Å². The SMILES string of the molecule is CCNCc1ccc(S(=O)(=O)N2CC=C(C)CC2)c(Br)c1. The summed E-state index contributed by atoms with van der Waals surface area (Å²) in [5, 5.41) is 3.23. The Hall–Kier alpha value is -0.690. The van der Waals surface area contributed by atoms with E-state index in [2.05, 4.69) is 21.2 Å². The number of rotatable bonds is 5. The molecule has 1 aromatic carbocycles. The number of nitrogens with zero attached hydrogens (tertiary/aromatic N) is 1. The first-order chi connectivity index (χ1) is 9.95. The zero-order chi connectivity index (χ0) is 15.5. The van der Waals surface area contributed by atoms with Crippen molar-refractivity contribution in [2.24, 2.45) is 0 Å². The minimum atomic E-state index is -3.43. The van der Waals surface area contributed by atoms with E-state index in [9.17, 15) is 8.42 Å². The van der Waals surface area contributed by atoms with Crippen LogP contribution >= 0.6 is 15.9 Å². The van der Waals surface area contributed by atoms with Crippen molar-refractivity contribution in [1.82, 2.24) is 9.62 Å². The molecule has 1 aromatic rings. The predicted octanol–water partition coefficient (Wildman–Crippen LogP) is 2.90. The van der Waals surface area contributed by atoms with E-state index in [4.69, 9.17) is 0 Å². The first kappa shape index (κ1) is 16.7. The van der Waals surface area contributed by atoms with Gasteiger partial charge in [-0.2, -0.15) is 4.31 Å². The minimum Gasteiger partial charge on any atom is -0.313 e. The molecule has 0 aromatic heterocycles. The van der Waals surface area contributed by atoms with E-state index in [0.29, 0.717) is 22.5 Å². The van der Waals surface area contributed by atoms with Crippen LogP contribution in [0.1, 0.15) is 25.8 Å². The lowest BCUT2D eigenvalue weighted by atomic mass is 10.1. The maximum Gasteiger partial charge on any atom is 0.244 e. The molecule has 0 amide bonds. The van der Waals surface area contributed by atoms with Gasteiger partial charge in [0.2, 0.25) is 10.0 Å². The van der Waals surface area contributed by atoms with Crippen molar-refractivity contribution in [2.45, 2.75) is 31.7 Å². The van der Waals surface area contributed by atoms with Crippen molar-refractivity contribution in [3.63, 3.8) is 0 Å². The third-order valence-corrected chi connectivity index (χ3v) is 6.43. The van der Waals surface area contributed by atoms with Crippen LogP contribution in [0, 0.1) is 0 Å². The molecule has 1 heterocycles. The lowest BCUT2D eigenvalue weighted by molar-refractivity contribution is 0.431. The first-order valence-electron chi connectivity index (χ1n) is 7.10. The number of sulfonamides is 1. The van der Waals surface area contributed by atoms with Crippen LogP contribution in [0.4, 0.5) is 0 Å². The van der Waals surface area contributed by atoms with Crippen LogP contribution in [-0.2, 0) is 16.6 Å². The van der Waals surface area contributed by atoms with E-state index in [1.165, 1.54) is 9.88 Å². The lowest BCUT2D eigenvalue weighted by Crippen LogP contribution is -2.34. The Bertz CT molecular complexity index is 641. The zero-order valence-corrected chi connectivity index (χ0v) is 14.8. The van der Waals surface area contributed by atoms with Gasteiger partial charge in [-0.3, -0.25) is 0 Å². The highest BCUT2D eigenvalue weighted by atomic mass is 79.9. The fraction of sp³-hybridized carbons (Fsp3) is 0.467. The fourth-order valence-electron chi connectivity index (χ4n) is 2.24. The largest absolute Gasteiger partial charge is 0.313 e. The maximum atomic E-state index is 12.7. The quantitative estimate of drug-likeness (QED) is 0.808. The molecule has 0 radical (unpaired) electrons. The summed E-state index contributed by atoms with van der Waals surface area (Å²) in [6.45, 7) is 6.71. The van der Waals surface area contributed by atoms with Gasteiger partial charge in [-0.1, -0.05) is 24.6 Å². The molecule has 0 spiro atoms. The molecule has 21 heavy (non-hydrogen) atoms. The van der Waals surface area contributed by atoms with Crippen LogP contribution in [0.3, 0.4) is 0 Å². The van der Waals surface area contributed by atoms with Crippen molar-refractivity contribution >= 4 is 26.0 Å². The average Bonchev–Trinajstić information content (AvgIpc) is 2.45. The topological polar surface area (TPSA) is 49.4 Å². The molecule has 0 unspecified atom stereocenters. The summed E-state index contributed by atoms with van der Waals surface area (Å²) >= 11 is 3.40. The second-order valence-electron chi connectivity index (χ2n) is 5.21. The Morgan fingerprint density at radius 1 is 1.38 bits per heavy atom. The summed E-state index contributed by atoms with van der Waals surface area (Å²) in [4.78, 5) is 0.343. The van der Waals surface area contributed by atoms with Crippen LogP contribution in [0.5, 0.6) is 0 Å². The average molecular weight is 373 g/mol. The summed E-state index contributed by atoms with van der Waals surface area (Å²) in [5.41, 5.74) is 2.32.